The van der Waals surface area contributed by atoms with Gasteiger partial charge in [-0.2, -0.15) is 0 Å². The molecule has 0 aliphatic carbocycles. The molecule has 2 heterocycles. The number of para-hydroxylation sites is 1. The molecule has 6 nitrogen and oxygen atoms in total. The molecule has 1 aliphatic rings. The van der Waals surface area contributed by atoms with Crippen LogP contribution in [0.4, 0.5) is 0 Å². The van der Waals surface area contributed by atoms with Gasteiger partial charge in [0.2, 0.25) is 5.91 Å². The van der Waals surface area contributed by atoms with Crippen molar-refractivity contribution in [2.75, 3.05) is 26.7 Å². The largest absolute Gasteiger partial charge is 0.358 e. The van der Waals surface area contributed by atoms with E-state index in [-0.39, 0.29) is 17.9 Å². The number of carbonyl (C=O) groups excluding carboxylic acids is 2. The molecule has 1 fully saturated rings. The zero-order chi connectivity index (χ0) is 17.1. The van der Waals surface area contributed by atoms with E-state index >= 15 is 0 Å². The minimum atomic E-state index is -0.0171. The lowest BCUT2D eigenvalue weighted by molar-refractivity contribution is -0.122. The summed E-state index contributed by atoms with van der Waals surface area (Å²) >= 11 is 0. The summed E-state index contributed by atoms with van der Waals surface area (Å²) < 4.78 is 1.98. The molecule has 0 spiro atoms. The molecule has 1 aromatic heterocycles. The third-order valence-electron chi connectivity index (χ3n) is 4.71. The van der Waals surface area contributed by atoms with Crippen LogP contribution in [-0.2, 0) is 11.8 Å². The molecule has 1 aliphatic heterocycles. The van der Waals surface area contributed by atoms with Crippen molar-refractivity contribution in [3.05, 3.63) is 36.0 Å². The third kappa shape index (κ3) is 3.43. The summed E-state index contributed by atoms with van der Waals surface area (Å²) in [6, 6.07) is 8.10. The van der Waals surface area contributed by atoms with Crippen molar-refractivity contribution in [3.8, 4) is 0 Å². The number of carbonyl (C=O) groups is 2. The lowest BCUT2D eigenvalue weighted by atomic mass is 10.0. The van der Waals surface area contributed by atoms with Gasteiger partial charge in [0, 0.05) is 50.3 Å². The first-order valence-electron chi connectivity index (χ1n) is 8.36. The fourth-order valence-corrected chi connectivity index (χ4v) is 3.30. The Balaban J connectivity index is 1.61. The van der Waals surface area contributed by atoms with E-state index in [1.54, 1.807) is 7.05 Å². The Hall–Kier alpha value is -2.34. The van der Waals surface area contributed by atoms with Gasteiger partial charge < -0.3 is 15.2 Å². The van der Waals surface area contributed by atoms with E-state index in [2.05, 4.69) is 15.5 Å². The maximum absolute atomic E-state index is 12.6. The van der Waals surface area contributed by atoms with Crippen molar-refractivity contribution < 1.29 is 9.59 Å². The van der Waals surface area contributed by atoms with E-state index in [4.69, 9.17) is 0 Å². The molecule has 0 saturated carbocycles. The summed E-state index contributed by atoms with van der Waals surface area (Å²) in [5.41, 5.74) is 1.78. The van der Waals surface area contributed by atoms with Gasteiger partial charge in [0.15, 0.2) is 0 Å². The molecule has 128 valence electrons. The lowest BCUT2D eigenvalue weighted by Crippen LogP contribution is -2.47. The van der Waals surface area contributed by atoms with E-state index in [1.807, 2.05) is 42.1 Å². The Morgan fingerprint density at radius 2 is 1.92 bits per heavy atom. The monoisotopic (exact) mass is 328 g/mol. The maximum Gasteiger partial charge on any atom is 0.253 e. The number of hydrogen-bond donors (Lipinski definition) is 2. The van der Waals surface area contributed by atoms with E-state index in [1.165, 1.54) is 0 Å². The van der Waals surface area contributed by atoms with Crippen LogP contribution in [0.1, 0.15) is 23.2 Å². The molecular formula is C18H24N4O2. The number of nitrogens with one attached hydrogen (secondary N) is 2. The summed E-state index contributed by atoms with van der Waals surface area (Å²) in [6.07, 6.45) is 3.63. The number of aryl methyl sites for hydroxylation is 1. The number of hydrogen-bond acceptors (Lipinski definition) is 3. The second kappa shape index (κ2) is 7.05. The van der Waals surface area contributed by atoms with Gasteiger partial charge in [-0.15, -0.1) is 0 Å². The minimum Gasteiger partial charge on any atom is -0.358 e. The molecule has 24 heavy (non-hydrogen) atoms. The predicted octanol–water partition coefficient (Wildman–Crippen LogP) is 1.12. The van der Waals surface area contributed by atoms with Crippen LogP contribution in [0.15, 0.2) is 30.5 Å². The standard InChI is InChI=1S/C18H24N4O2/c1-19-17(23)12-22-9-7-13(8-10-22)20-18(24)15-11-21(2)16-6-4-3-5-14(15)16/h3-6,11,13H,7-10,12H2,1-2H3,(H,19,23)(H,20,24). The maximum atomic E-state index is 12.6. The van der Waals surface area contributed by atoms with Crippen molar-refractivity contribution in [1.82, 2.24) is 20.1 Å². The first-order valence-corrected chi connectivity index (χ1v) is 8.36. The molecule has 2 N–H and O–H groups in total. The fourth-order valence-electron chi connectivity index (χ4n) is 3.30. The number of aromatic nitrogens is 1. The molecule has 0 radical (unpaired) electrons. The summed E-state index contributed by atoms with van der Waals surface area (Å²) in [5.74, 6) is 0.0183. The van der Waals surface area contributed by atoms with Crippen molar-refractivity contribution in [2.45, 2.75) is 18.9 Å². The number of rotatable bonds is 4. The number of nitrogens with zero attached hydrogens (tertiary/aromatic N) is 2. The molecule has 3 rings (SSSR count). The quantitative estimate of drug-likeness (QED) is 0.884. The summed E-state index contributed by atoms with van der Waals surface area (Å²) in [5, 5.41) is 6.77. The highest BCUT2D eigenvalue weighted by Crippen LogP contribution is 2.21. The lowest BCUT2D eigenvalue weighted by Gasteiger charge is -2.31. The van der Waals surface area contributed by atoms with Gasteiger partial charge >= 0.3 is 0 Å². The van der Waals surface area contributed by atoms with Gasteiger partial charge in [-0.05, 0) is 18.9 Å². The average Bonchev–Trinajstić information content (AvgIpc) is 2.94. The zero-order valence-corrected chi connectivity index (χ0v) is 14.2. The van der Waals surface area contributed by atoms with Crippen LogP contribution in [0.25, 0.3) is 10.9 Å². The van der Waals surface area contributed by atoms with E-state index in [0.717, 1.165) is 42.4 Å². The Morgan fingerprint density at radius 1 is 1.21 bits per heavy atom. The Bertz CT molecular complexity index is 745. The van der Waals surface area contributed by atoms with Crippen molar-refractivity contribution in [2.24, 2.45) is 7.05 Å². The molecule has 0 bridgehead atoms. The fraction of sp³-hybridized carbons (Fsp3) is 0.444. The summed E-state index contributed by atoms with van der Waals surface area (Å²) in [7, 11) is 3.61. The molecule has 0 atom stereocenters. The predicted molar refractivity (Wildman–Crippen MR) is 93.9 cm³/mol. The molecule has 2 aromatic rings. The van der Waals surface area contributed by atoms with Gasteiger partial charge in [0.25, 0.3) is 5.91 Å². The Morgan fingerprint density at radius 3 is 2.62 bits per heavy atom. The van der Waals surface area contributed by atoms with Gasteiger partial charge in [-0.3, -0.25) is 14.5 Å². The zero-order valence-electron chi connectivity index (χ0n) is 14.2. The summed E-state index contributed by atoms with van der Waals surface area (Å²) in [6.45, 7) is 2.09. The Labute approximate surface area is 141 Å². The second-order valence-electron chi connectivity index (χ2n) is 6.37. The van der Waals surface area contributed by atoms with E-state index in [0.29, 0.717) is 6.54 Å². The topological polar surface area (TPSA) is 66.4 Å². The highest BCUT2D eigenvalue weighted by Gasteiger charge is 2.23. The van der Waals surface area contributed by atoms with Crippen LogP contribution in [0.5, 0.6) is 0 Å². The van der Waals surface area contributed by atoms with E-state index in [9.17, 15) is 9.59 Å². The van der Waals surface area contributed by atoms with Crippen molar-refractivity contribution >= 4 is 22.7 Å². The number of likely N-dealkylation sites (N-methyl/N-ethyl adjacent to an activating group) is 1. The van der Waals surface area contributed by atoms with Gasteiger partial charge in [0.05, 0.1) is 12.1 Å². The van der Waals surface area contributed by atoms with Gasteiger partial charge in [-0.25, -0.2) is 0 Å². The van der Waals surface area contributed by atoms with Crippen molar-refractivity contribution in [1.29, 1.82) is 0 Å². The number of likely N-dealkylation sites (tertiary alicyclic amines) is 1. The number of piperidine rings is 1. The molecule has 1 saturated heterocycles. The second-order valence-corrected chi connectivity index (χ2v) is 6.37. The molecule has 6 heteroatoms. The molecule has 2 amide bonds. The molecule has 0 unspecified atom stereocenters. The summed E-state index contributed by atoms with van der Waals surface area (Å²) in [4.78, 5) is 26.2. The average molecular weight is 328 g/mol. The van der Waals surface area contributed by atoms with Gasteiger partial charge in [0.1, 0.15) is 0 Å². The van der Waals surface area contributed by atoms with Crippen LogP contribution in [0, 0.1) is 0 Å². The van der Waals surface area contributed by atoms with E-state index < -0.39 is 0 Å². The van der Waals surface area contributed by atoms with Crippen molar-refractivity contribution in [3.63, 3.8) is 0 Å². The number of benzene rings is 1. The molecular weight excluding hydrogens is 304 g/mol. The third-order valence-corrected chi connectivity index (χ3v) is 4.71. The van der Waals surface area contributed by atoms with Crippen LogP contribution in [0.2, 0.25) is 0 Å². The smallest absolute Gasteiger partial charge is 0.253 e. The number of fused-ring (bicyclic) bond motifs is 1. The molecule has 1 aromatic carbocycles. The SMILES string of the molecule is CNC(=O)CN1CCC(NC(=O)c2cn(C)c3ccccc23)CC1. The minimum absolute atomic E-state index is 0.0171. The highest BCUT2D eigenvalue weighted by atomic mass is 16.2. The Kier molecular flexibility index (Phi) is 4.85. The van der Waals surface area contributed by atoms with Crippen LogP contribution < -0.4 is 10.6 Å². The highest BCUT2D eigenvalue weighted by molar-refractivity contribution is 6.07. The first-order chi connectivity index (χ1) is 11.6. The van der Waals surface area contributed by atoms with Gasteiger partial charge in [-0.1, -0.05) is 18.2 Å². The first kappa shape index (κ1) is 16.5. The van der Waals surface area contributed by atoms with Crippen LogP contribution in [0.3, 0.4) is 0 Å². The van der Waals surface area contributed by atoms with Crippen LogP contribution >= 0.6 is 0 Å². The normalized spacial score (nSPS) is 16.2. The van der Waals surface area contributed by atoms with Crippen LogP contribution in [-0.4, -0.2) is 54.0 Å². The number of amides is 2.